The van der Waals surface area contributed by atoms with Gasteiger partial charge in [-0.15, -0.1) is 24.0 Å². The molecule has 1 unspecified atom stereocenters. The molecule has 3 rings (SSSR count). The molecule has 0 radical (unpaired) electrons. The second kappa shape index (κ2) is 10.3. The van der Waals surface area contributed by atoms with Crippen LogP contribution in [0.2, 0.25) is 5.02 Å². The Morgan fingerprint density at radius 1 is 1.22 bits per heavy atom. The lowest BCUT2D eigenvalue weighted by Gasteiger charge is -2.19. The summed E-state index contributed by atoms with van der Waals surface area (Å²) in [6.07, 6.45) is 1.50. The molecule has 0 bridgehead atoms. The maximum absolute atomic E-state index is 6.27. The van der Waals surface area contributed by atoms with Gasteiger partial charge in [-0.2, -0.15) is 5.10 Å². The Morgan fingerprint density at radius 3 is 2.74 bits per heavy atom. The van der Waals surface area contributed by atoms with Gasteiger partial charge in [0.05, 0.1) is 6.04 Å². The number of nitrogens with zero attached hydrogens (tertiary/aromatic N) is 3. The quantitative estimate of drug-likeness (QED) is 0.281. The minimum Gasteiger partial charge on any atom is -0.352 e. The number of aromatic amines is 1. The van der Waals surface area contributed by atoms with E-state index >= 15 is 0 Å². The number of hydrogen-bond acceptors (Lipinski definition) is 3. The Hall–Kier alpha value is -2.13. The average molecular weight is 497 g/mol. The Balaban J connectivity index is 0.00000261. The van der Waals surface area contributed by atoms with Crippen LogP contribution in [0.5, 0.6) is 0 Å². The highest BCUT2D eigenvalue weighted by Crippen LogP contribution is 2.22. The molecule has 2 aromatic carbocycles. The van der Waals surface area contributed by atoms with Crippen LogP contribution in [0.15, 0.2) is 59.9 Å². The fourth-order valence-corrected chi connectivity index (χ4v) is 2.96. The van der Waals surface area contributed by atoms with Crippen molar-refractivity contribution in [3.63, 3.8) is 0 Å². The summed E-state index contributed by atoms with van der Waals surface area (Å²) in [5.74, 6) is 1.46. The molecule has 8 heteroatoms. The molecule has 27 heavy (non-hydrogen) atoms. The minimum atomic E-state index is 0. The number of aliphatic imine (C=N–C) groups is 1. The van der Waals surface area contributed by atoms with Crippen molar-refractivity contribution in [2.45, 2.75) is 19.5 Å². The van der Waals surface area contributed by atoms with Crippen LogP contribution in [-0.4, -0.2) is 28.2 Å². The van der Waals surface area contributed by atoms with Crippen LogP contribution in [0.1, 0.15) is 24.1 Å². The number of guanidine groups is 1. The predicted octanol–water partition coefficient (Wildman–Crippen LogP) is 4.17. The van der Waals surface area contributed by atoms with Crippen LogP contribution in [0.25, 0.3) is 11.4 Å². The monoisotopic (exact) mass is 496 g/mol. The molecule has 3 N–H and O–H groups in total. The zero-order valence-corrected chi connectivity index (χ0v) is 18.2. The summed E-state index contributed by atoms with van der Waals surface area (Å²) in [5.41, 5.74) is 3.14. The SMILES string of the molecule is CN=C(NCc1cccc(-c2ncn[nH]2)c1)NC(C)c1ccccc1Cl.I. The molecule has 142 valence electrons. The first-order chi connectivity index (χ1) is 12.7. The smallest absolute Gasteiger partial charge is 0.191 e. The van der Waals surface area contributed by atoms with Gasteiger partial charge in [0.15, 0.2) is 11.8 Å². The molecule has 0 aliphatic rings. The fourth-order valence-electron chi connectivity index (χ4n) is 2.66. The van der Waals surface area contributed by atoms with E-state index in [0.717, 1.165) is 27.5 Å². The molecule has 0 aliphatic heterocycles. The lowest BCUT2D eigenvalue weighted by molar-refractivity contribution is 0.685. The topological polar surface area (TPSA) is 78.0 Å². The van der Waals surface area contributed by atoms with E-state index in [4.69, 9.17) is 11.6 Å². The maximum atomic E-state index is 6.27. The van der Waals surface area contributed by atoms with E-state index in [-0.39, 0.29) is 30.0 Å². The molecule has 0 saturated carbocycles. The van der Waals surface area contributed by atoms with Crippen molar-refractivity contribution < 1.29 is 0 Å². The number of hydrogen-bond donors (Lipinski definition) is 3. The van der Waals surface area contributed by atoms with Gasteiger partial charge in [-0.25, -0.2) is 4.98 Å². The third kappa shape index (κ3) is 5.67. The molecular formula is C19H22ClIN6. The van der Waals surface area contributed by atoms with E-state index in [1.54, 1.807) is 7.05 Å². The molecule has 1 heterocycles. The van der Waals surface area contributed by atoms with Crippen LogP contribution in [-0.2, 0) is 6.54 Å². The highest BCUT2D eigenvalue weighted by Gasteiger charge is 2.11. The predicted molar refractivity (Wildman–Crippen MR) is 120 cm³/mol. The van der Waals surface area contributed by atoms with Crippen molar-refractivity contribution >= 4 is 41.5 Å². The Kier molecular flexibility index (Phi) is 8.05. The molecule has 0 amide bonds. The van der Waals surface area contributed by atoms with Crippen molar-refractivity contribution in [2.24, 2.45) is 4.99 Å². The molecule has 6 nitrogen and oxygen atoms in total. The second-order valence-corrected chi connectivity index (χ2v) is 6.25. The first kappa shape index (κ1) is 21.2. The largest absolute Gasteiger partial charge is 0.352 e. The molecule has 0 aliphatic carbocycles. The normalized spacial score (nSPS) is 12.2. The Morgan fingerprint density at radius 2 is 2.04 bits per heavy atom. The van der Waals surface area contributed by atoms with Crippen LogP contribution in [0, 0.1) is 0 Å². The summed E-state index contributed by atoms with van der Waals surface area (Å²) in [6, 6.07) is 16.0. The molecule has 1 aromatic heterocycles. The summed E-state index contributed by atoms with van der Waals surface area (Å²) >= 11 is 6.27. The molecule has 0 saturated heterocycles. The Bertz CT molecular complexity index is 881. The third-order valence-electron chi connectivity index (χ3n) is 4.02. The first-order valence-corrected chi connectivity index (χ1v) is 8.71. The second-order valence-electron chi connectivity index (χ2n) is 5.85. The fraction of sp³-hybridized carbons (Fsp3) is 0.211. The van der Waals surface area contributed by atoms with Crippen LogP contribution in [0.4, 0.5) is 0 Å². The van der Waals surface area contributed by atoms with Gasteiger partial charge in [-0.1, -0.05) is 48.0 Å². The molecule has 1 atom stereocenters. The number of H-pyrrole nitrogens is 1. The molecule has 3 aromatic rings. The number of nitrogens with one attached hydrogen (secondary N) is 3. The van der Waals surface area contributed by atoms with Gasteiger partial charge in [-0.3, -0.25) is 10.1 Å². The van der Waals surface area contributed by atoms with Gasteiger partial charge in [0.1, 0.15) is 6.33 Å². The zero-order valence-electron chi connectivity index (χ0n) is 15.1. The summed E-state index contributed by atoms with van der Waals surface area (Å²) in [4.78, 5) is 8.48. The molecule has 0 spiro atoms. The third-order valence-corrected chi connectivity index (χ3v) is 4.37. The van der Waals surface area contributed by atoms with Gasteiger partial charge in [0, 0.05) is 24.2 Å². The highest BCUT2D eigenvalue weighted by atomic mass is 127. The van der Waals surface area contributed by atoms with Gasteiger partial charge in [0.2, 0.25) is 0 Å². The summed E-state index contributed by atoms with van der Waals surface area (Å²) in [6.45, 7) is 2.69. The Labute approximate surface area is 180 Å². The van der Waals surface area contributed by atoms with Crippen LogP contribution in [0.3, 0.4) is 0 Å². The van der Waals surface area contributed by atoms with E-state index in [2.05, 4.69) is 49.9 Å². The molecular weight excluding hydrogens is 475 g/mol. The van der Waals surface area contributed by atoms with Gasteiger partial charge >= 0.3 is 0 Å². The number of rotatable bonds is 5. The average Bonchev–Trinajstić information content (AvgIpc) is 3.20. The van der Waals surface area contributed by atoms with Crippen molar-refractivity contribution in [3.05, 3.63) is 71.0 Å². The lowest BCUT2D eigenvalue weighted by Crippen LogP contribution is -2.38. The van der Waals surface area contributed by atoms with Crippen molar-refractivity contribution in [2.75, 3.05) is 7.05 Å². The van der Waals surface area contributed by atoms with Crippen molar-refractivity contribution in [1.29, 1.82) is 0 Å². The van der Waals surface area contributed by atoms with Gasteiger partial charge in [0.25, 0.3) is 0 Å². The van der Waals surface area contributed by atoms with Crippen LogP contribution >= 0.6 is 35.6 Å². The summed E-state index contributed by atoms with van der Waals surface area (Å²) < 4.78 is 0. The number of halogens is 2. The van der Waals surface area contributed by atoms with Gasteiger partial charge < -0.3 is 10.6 Å². The van der Waals surface area contributed by atoms with E-state index in [0.29, 0.717) is 12.5 Å². The van der Waals surface area contributed by atoms with E-state index < -0.39 is 0 Å². The van der Waals surface area contributed by atoms with Crippen LogP contribution < -0.4 is 10.6 Å². The standard InChI is InChI=1S/C19H21ClN6.HI/c1-13(16-8-3-4-9-17(16)20)25-19(21-2)22-11-14-6-5-7-15(10-14)18-23-12-24-26-18;/h3-10,12-13H,11H2,1-2H3,(H2,21,22,25)(H,23,24,26);1H. The molecule has 0 fully saturated rings. The maximum Gasteiger partial charge on any atom is 0.191 e. The van der Waals surface area contributed by atoms with E-state index in [1.165, 1.54) is 6.33 Å². The van der Waals surface area contributed by atoms with Crippen molar-refractivity contribution in [3.8, 4) is 11.4 Å². The number of aromatic nitrogens is 3. The van der Waals surface area contributed by atoms with Gasteiger partial charge in [-0.05, 0) is 30.2 Å². The summed E-state index contributed by atoms with van der Waals surface area (Å²) in [5, 5.41) is 14.2. The number of benzene rings is 2. The van der Waals surface area contributed by atoms with E-state index in [1.807, 2.05) is 36.4 Å². The lowest BCUT2D eigenvalue weighted by atomic mass is 10.1. The summed E-state index contributed by atoms with van der Waals surface area (Å²) in [7, 11) is 1.75. The van der Waals surface area contributed by atoms with E-state index in [9.17, 15) is 0 Å². The zero-order chi connectivity index (χ0) is 18.4. The van der Waals surface area contributed by atoms with Crippen molar-refractivity contribution in [1.82, 2.24) is 25.8 Å². The first-order valence-electron chi connectivity index (χ1n) is 8.33. The highest BCUT2D eigenvalue weighted by molar-refractivity contribution is 14.0. The minimum absolute atomic E-state index is 0.